The Balaban J connectivity index is 1.80. The van der Waals surface area contributed by atoms with Crippen molar-refractivity contribution in [2.75, 3.05) is 7.05 Å². The predicted octanol–water partition coefficient (Wildman–Crippen LogP) is 3.37. The maximum absolute atomic E-state index is 13.1. The lowest BCUT2D eigenvalue weighted by Crippen LogP contribution is -2.31. The molecule has 0 saturated carbocycles. The van der Waals surface area contributed by atoms with Crippen LogP contribution in [-0.4, -0.2) is 34.4 Å². The third-order valence-corrected chi connectivity index (χ3v) is 5.01. The van der Waals surface area contributed by atoms with E-state index in [4.69, 9.17) is 0 Å². The van der Waals surface area contributed by atoms with Crippen LogP contribution >= 0.6 is 0 Å². The molecule has 1 aromatic heterocycles. The lowest BCUT2D eigenvalue weighted by atomic mass is 10.1. The number of alkyl halides is 3. The molecule has 10 heteroatoms. The first-order chi connectivity index (χ1) is 15.5. The molecule has 1 heterocycles. The van der Waals surface area contributed by atoms with E-state index in [0.717, 1.165) is 12.1 Å². The first kappa shape index (κ1) is 23.7. The van der Waals surface area contributed by atoms with E-state index in [-0.39, 0.29) is 35.1 Å². The average Bonchev–Trinajstić information content (AvgIpc) is 3.09. The summed E-state index contributed by atoms with van der Waals surface area (Å²) in [5.41, 5.74) is 0.771. The molecule has 0 atom stereocenters. The largest absolute Gasteiger partial charge is 0.416 e. The van der Waals surface area contributed by atoms with Crippen LogP contribution in [-0.2, 0) is 17.5 Å². The monoisotopic (exact) mass is 458 g/mol. The van der Waals surface area contributed by atoms with Gasteiger partial charge in [-0.1, -0.05) is 18.2 Å². The summed E-state index contributed by atoms with van der Waals surface area (Å²) >= 11 is 0. The first-order valence-corrected chi connectivity index (χ1v) is 9.90. The maximum atomic E-state index is 13.1. The molecule has 0 spiro atoms. The van der Waals surface area contributed by atoms with Crippen molar-refractivity contribution < 1.29 is 27.6 Å². The van der Waals surface area contributed by atoms with Gasteiger partial charge in [-0.2, -0.15) is 18.3 Å². The first-order valence-electron chi connectivity index (χ1n) is 9.90. The van der Waals surface area contributed by atoms with Crippen LogP contribution in [0.3, 0.4) is 0 Å². The third kappa shape index (κ3) is 5.11. The van der Waals surface area contributed by atoms with Gasteiger partial charge in [0.25, 0.3) is 17.6 Å². The number of hydrogen-bond donors (Lipinski definition) is 2. The van der Waals surface area contributed by atoms with Gasteiger partial charge in [0.15, 0.2) is 0 Å². The summed E-state index contributed by atoms with van der Waals surface area (Å²) < 4.78 is 40.4. The number of halogens is 3. The number of amides is 2. The SMILES string of the molecule is CNC(=O)c1cccc(CNC(=O)C(=O)c2c(C)nn(-c3cccc(C(F)(F)F)c3)c2C)c1. The van der Waals surface area contributed by atoms with Crippen molar-refractivity contribution in [3.63, 3.8) is 0 Å². The Morgan fingerprint density at radius 2 is 1.73 bits per heavy atom. The highest BCUT2D eigenvalue weighted by molar-refractivity contribution is 6.43. The molecule has 0 aliphatic heterocycles. The Kier molecular flexibility index (Phi) is 6.66. The van der Waals surface area contributed by atoms with Crippen LogP contribution in [0, 0.1) is 13.8 Å². The van der Waals surface area contributed by atoms with E-state index >= 15 is 0 Å². The molecule has 0 fully saturated rings. The van der Waals surface area contributed by atoms with Gasteiger partial charge in [0.05, 0.1) is 28.2 Å². The normalized spacial score (nSPS) is 11.2. The Morgan fingerprint density at radius 3 is 2.39 bits per heavy atom. The predicted molar refractivity (Wildman–Crippen MR) is 114 cm³/mol. The van der Waals surface area contributed by atoms with Gasteiger partial charge in [-0.05, 0) is 49.7 Å². The molecule has 2 amide bonds. The molecule has 33 heavy (non-hydrogen) atoms. The summed E-state index contributed by atoms with van der Waals surface area (Å²) in [6, 6.07) is 11.1. The van der Waals surface area contributed by atoms with Gasteiger partial charge in [0, 0.05) is 19.2 Å². The van der Waals surface area contributed by atoms with Crippen molar-refractivity contribution >= 4 is 17.6 Å². The summed E-state index contributed by atoms with van der Waals surface area (Å²) in [6.45, 7) is 3.02. The molecule has 172 valence electrons. The number of carbonyl (C=O) groups excluding carboxylic acids is 3. The molecule has 0 bridgehead atoms. The van der Waals surface area contributed by atoms with Gasteiger partial charge < -0.3 is 10.6 Å². The molecule has 7 nitrogen and oxygen atoms in total. The maximum Gasteiger partial charge on any atom is 0.416 e. The molecule has 2 aromatic carbocycles. The molecule has 0 saturated heterocycles. The lowest BCUT2D eigenvalue weighted by molar-refractivity contribution is -0.137. The number of carbonyl (C=O) groups is 3. The fourth-order valence-corrected chi connectivity index (χ4v) is 3.38. The molecule has 3 aromatic rings. The van der Waals surface area contributed by atoms with Crippen LogP contribution in [0.2, 0.25) is 0 Å². The van der Waals surface area contributed by atoms with Crippen LogP contribution in [0.1, 0.15) is 43.2 Å². The standard InChI is InChI=1S/C23H21F3N4O3/c1-13-19(14(2)30(29-13)18-9-5-8-17(11-18)23(24,25)26)20(31)22(33)28-12-15-6-4-7-16(10-15)21(32)27-3/h4-11H,12H2,1-3H3,(H,27,32)(H,28,33). The smallest absolute Gasteiger partial charge is 0.355 e. The zero-order chi connectivity index (χ0) is 24.3. The lowest BCUT2D eigenvalue weighted by Gasteiger charge is -2.10. The Bertz CT molecular complexity index is 1230. The fraction of sp³-hybridized carbons (Fsp3) is 0.217. The second-order valence-electron chi connectivity index (χ2n) is 7.30. The summed E-state index contributed by atoms with van der Waals surface area (Å²) in [6.07, 6.45) is -4.53. The van der Waals surface area contributed by atoms with E-state index in [1.54, 1.807) is 24.3 Å². The minimum Gasteiger partial charge on any atom is -0.355 e. The van der Waals surface area contributed by atoms with Crippen molar-refractivity contribution in [3.8, 4) is 5.69 Å². The molecule has 0 unspecified atom stereocenters. The minimum absolute atomic E-state index is 0.00919. The van der Waals surface area contributed by atoms with Crippen LogP contribution < -0.4 is 10.6 Å². The number of ketones is 1. The van der Waals surface area contributed by atoms with E-state index < -0.39 is 23.4 Å². The highest BCUT2D eigenvalue weighted by Gasteiger charge is 2.31. The number of aryl methyl sites for hydroxylation is 1. The van der Waals surface area contributed by atoms with Crippen molar-refractivity contribution in [2.24, 2.45) is 0 Å². The van der Waals surface area contributed by atoms with E-state index in [1.807, 2.05) is 0 Å². The molecule has 0 aliphatic carbocycles. The van der Waals surface area contributed by atoms with Crippen LogP contribution in [0.5, 0.6) is 0 Å². The highest BCUT2D eigenvalue weighted by Crippen LogP contribution is 2.31. The van der Waals surface area contributed by atoms with Crippen LogP contribution in [0.25, 0.3) is 5.69 Å². The third-order valence-electron chi connectivity index (χ3n) is 5.01. The van der Waals surface area contributed by atoms with Gasteiger partial charge in [-0.15, -0.1) is 0 Å². The van der Waals surface area contributed by atoms with E-state index in [0.29, 0.717) is 11.1 Å². The second kappa shape index (κ2) is 9.27. The summed E-state index contributed by atoms with van der Waals surface area (Å²) in [5.74, 6) is -2.03. The summed E-state index contributed by atoms with van der Waals surface area (Å²) in [7, 11) is 1.50. The number of nitrogens with one attached hydrogen (secondary N) is 2. The average molecular weight is 458 g/mol. The Hall–Kier alpha value is -3.95. The van der Waals surface area contributed by atoms with Gasteiger partial charge in [-0.25, -0.2) is 4.68 Å². The number of nitrogens with zero attached hydrogens (tertiary/aromatic N) is 2. The number of benzene rings is 2. The van der Waals surface area contributed by atoms with E-state index in [9.17, 15) is 27.6 Å². The number of Topliss-reactive ketones (excluding diaryl/α,β-unsaturated/α-hetero) is 1. The zero-order valence-corrected chi connectivity index (χ0v) is 18.1. The molecular weight excluding hydrogens is 437 g/mol. The van der Waals surface area contributed by atoms with Crippen molar-refractivity contribution in [1.29, 1.82) is 0 Å². The van der Waals surface area contributed by atoms with E-state index in [2.05, 4.69) is 15.7 Å². The molecule has 3 rings (SSSR count). The highest BCUT2D eigenvalue weighted by atomic mass is 19.4. The minimum atomic E-state index is -4.53. The van der Waals surface area contributed by atoms with Crippen molar-refractivity contribution in [2.45, 2.75) is 26.6 Å². The van der Waals surface area contributed by atoms with Gasteiger partial charge >= 0.3 is 6.18 Å². The molecular formula is C23H21F3N4O3. The Morgan fingerprint density at radius 1 is 1.03 bits per heavy atom. The van der Waals surface area contributed by atoms with Crippen molar-refractivity contribution in [1.82, 2.24) is 20.4 Å². The van der Waals surface area contributed by atoms with Gasteiger partial charge in [0.2, 0.25) is 0 Å². The molecule has 0 radical (unpaired) electrons. The number of hydrogen-bond acceptors (Lipinski definition) is 4. The molecule has 2 N–H and O–H groups in total. The van der Waals surface area contributed by atoms with Gasteiger partial charge in [-0.3, -0.25) is 14.4 Å². The number of rotatable bonds is 6. The Labute approximate surface area is 187 Å². The zero-order valence-electron chi connectivity index (χ0n) is 18.1. The van der Waals surface area contributed by atoms with Crippen LogP contribution in [0.15, 0.2) is 48.5 Å². The quantitative estimate of drug-likeness (QED) is 0.438. The molecule has 0 aliphatic rings. The second-order valence-corrected chi connectivity index (χ2v) is 7.30. The van der Waals surface area contributed by atoms with E-state index in [1.165, 1.54) is 37.7 Å². The van der Waals surface area contributed by atoms with Crippen LogP contribution in [0.4, 0.5) is 13.2 Å². The van der Waals surface area contributed by atoms with Gasteiger partial charge in [0.1, 0.15) is 0 Å². The van der Waals surface area contributed by atoms with Crippen molar-refractivity contribution in [3.05, 3.63) is 82.2 Å². The topological polar surface area (TPSA) is 93.1 Å². The summed E-state index contributed by atoms with van der Waals surface area (Å²) in [5, 5.41) is 9.18. The summed E-state index contributed by atoms with van der Waals surface area (Å²) in [4.78, 5) is 37.0. The fourth-order valence-electron chi connectivity index (χ4n) is 3.38. The number of aromatic nitrogens is 2.